The number of amides is 1. The number of hydrogen-bond donors (Lipinski definition) is 2. The number of benzene rings is 1. The molecular weight excluding hydrogens is 330 g/mol. The van der Waals surface area contributed by atoms with Gasteiger partial charge in [-0.3, -0.25) is 4.79 Å². The first-order chi connectivity index (χ1) is 11.3. The second kappa shape index (κ2) is 6.34. The number of nitrogens with two attached hydrogens (primary N) is 1. The molecule has 1 aromatic carbocycles. The summed E-state index contributed by atoms with van der Waals surface area (Å²) in [6.07, 6.45) is 3.07. The van der Waals surface area contributed by atoms with E-state index in [2.05, 4.69) is 5.32 Å². The molecule has 0 atom stereocenters. The Morgan fingerprint density at radius 2 is 2.00 bits per heavy atom. The third-order valence-electron chi connectivity index (χ3n) is 5.17. The van der Waals surface area contributed by atoms with Crippen molar-refractivity contribution in [3.8, 4) is 5.75 Å². The number of sulfonamides is 1. The third-order valence-corrected chi connectivity index (χ3v) is 6.08. The van der Waals surface area contributed by atoms with Crippen molar-refractivity contribution in [2.45, 2.75) is 24.2 Å². The number of piperidine rings is 1. The molecule has 3 rings (SSSR count). The zero-order valence-corrected chi connectivity index (χ0v) is 14.6. The quantitative estimate of drug-likeness (QED) is 0.827. The molecule has 0 unspecified atom stereocenters. The van der Waals surface area contributed by atoms with Crippen LogP contribution in [0.15, 0.2) is 23.1 Å². The van der Waals surface area contributed by atoms with Crippen LogP contribution in [0.4, 0.5) is 0 Å². The molecule has 0 aromatic heterocycles. The Morgan fingerprint density at radius 1 is 1.29 bits per heavy atom. The minimum atomic E-state index is -3.87. The number of likely N-dealkylation sites (tertiary alicyclic amines) is 1. The van der Waals surface area contributed by atoms with E-state index in [1.807, 2.05) is 0 Å². The van der Waals surface area contributed by atoms with Gasteiger partial charge in [-0.15, -0.1) is 0 Å². The fraction of sp³-hybridized carbons (Fsp3) is 0.562. The van der Waals surface area contributed by atoms with Crippen LogP contribution in [0.25, 0.3) is 0 Å². The number of rotatable bonds is 3. The minimum Gasteiger partial charge on any atom is -0.496 e. The molecule has 0 aliphatic carbocycles. The van der Waals surface area contributed by atoms with Crippen molar-refractivity contribution in [3.05, 3.63) is 23.8 Å². The zero-order valence-electron chi connectivity index (χ0n) is 13.7. The predicted molar refractivity (Wildman–Crippen MR) is 89.4 cm³/mol. The second-order valence-corrected chi connectivity index (χ2v) is 8.19. The molecule has 1 aromatic rings. The largest absolute Gasteiger partial charge is 0.496 e. The topological polar surface area (TPSA) is 102 Å². The fourth-order valence-electron chi connectivity index (χ4n) is 3.61. The third kappa shape index (κ3) is 3.26. The van der Waals surface area contributed by atoms with Crippen LogP contribution in [0.2, 0.25) is 0 Å². The van der Waals surface area contributed by atoms with Crippen LogP contribution in [0.3, 0.4) is 0 Å². The summed E-state index contributed by atoms with van der Waals surface area (Å²) in [6.45, 7) is 3.39. The van der Waals surface area contributed by atoms with Crippen LogP contribution < -0.4 is 15.2 Å². The van der Waals surface area contributed by atoms with Crippen molar-refractivity contribution in [1.29, 1.82) is 0 Å². The van der Waals surface area contributed by atoms with Crippen molar-refractivity contribution in [3.63, 3.8) is 0 Å². The average molecular weight is 353 g/mol. The maximum absolute atomic E-state index is 12.9. The summed E-state index contributed by atoms with van der Waals surface area (Å²) in [5.74, 6) is 0.147. The summed E-state index contributed by atoms with van der Waals surface area (Å²) in [4.78, 5) is 14.5. The van der Waals surface area contributed by atoms with Gasteiger partial charge < -0.3 is 15.0 Å². The molecule has 7 nitrogen and oxygen atoms in total. The van der Waals surface area contributed by atoms with Crippen molar-refractivity contribution in [2.24, 2.45) is 10.6 Å². The van der Waals surface area contributed by atoms with Gasteiger partial charge >= 0.3 is 0 Å². The highest BCUT2D eigenvalue weighted by molar-refractivity contribution is 7.89. The second-order valence-electron chi connectivity index (χ2n) is 6.63. The van der Waals surface area contributed by atoms with E-state index in [0.717, 1.165) is 32.4 Å². The summed E-state index contributed by atoms with van der Waals surface area (Å²) in [5.41, 5.74) is 0.549. The number of methoxy groups -OCH3 is 1. The highest BCUT2D eigenvalue weighted by Crippen LogP contribution is 2.37. The molecule has 1 amide bonds. The number of carbonyl (C=O) groups is 1. The van der Waals surface area contributed by atoms with E-state index < -0.39 is 10.0 Å². The van der Waals surface area contributed by atoms with Gasteiger partial charge in [0.05, 0.1) is 17.6 Å². The van der Waals surface area contributed by atoms with Crippen molar-refractivity contribution in [1.82, 2.24) is 10.2 Å². The van der Waals surface area contributed by atoms with E-state index in [1.165, 1.54) is 25.3 Å². The predicted octanol–water partition coefficient (Wildman–Crippen LogP) is 0.558. The average Bonchev–Trinajstić information content (AvgIpc) is 3.01. The molecule has 0 bridgehead atoms. The number of ether oxygens (including phenoxy) is 1. The molecule has 1 spiro atoms. The Kier molecular flexibility index (Phi) is 4.54. The van der Waals surface area contributed by atoms with Gasteiger partial charge in [0.15, 0.2) is 0 Å². The van der Waals surface area contributed by atoms with Crippen LogP contribution in [0, 0.1) is 5.41 Å². The molecule has 24 heavy (non-hydrogen) atoms. The highest BCUT2D eigenvalue weighted by atomic mass is 32.2. The van der Waals surface area contributed by atoms with Crippen molar-refractivity contribution >= 4 is 15.9 Å². The minimum absolute atomic E-state index is 0.0832. The summed E-state index contributed by atoms with van der Waals surface area (Å²) in [6, 6.07) is 4.12. The summed E-state index contributed by atoms with van der Waals surface area (Å²) < 4.78 is 28.3. The maximum atomic E-state index is 12.9. The Hall–Kier alpha value is -1.64. The van der Waals surface area contributed by atoms with Gasteiger partial charge in [-0.2, -0.15) is 0 Å². The van der Waals surface area contributed by atoms with Gasteiger partial charge in [0.25, 0.3) is 5.91 Å². The van der Waals surface area contributed by atoms with Gasteiger partial charge in [0.2, 0.25) is 10.0 Å². The lowest BCUT2D eigenvalue weighted by molar-refractivity contribution is 0.0604. The lowest BCUT2D eigenvalue weighted by Crippen LogP contribution is -2.44. The van der Waals surface area contributed by atoms with Crippen molar-refractivity contribution < 1.29 is 17.9 Å². The van der Waals surface area contributed by atoms with Crippen LogP contribution in [0.1, 0.15) is 29.6 Å². The molecule has 132 valence electrons. The van der Waals surface area contributed by atoms with Gasteiger partial charge in [-0.05, 0) is 49.4 Å². The number of nitrogens with one attached hydrogen (secondary N) is 1. The van der Waals surface area contributed by atoms with E-state index in [9.17, 15) is 13.2 Å². The van der Waals surface area contributed by atoms with Crippen LogP contribution >= 0.6 is 0 Å². The first kappa shape index (κ1) is 17.2. The van der Waals surface area contributed by atoms with Crippen LogP contribution in [-0.2, 0) is 10.0 Å². The Bertz CT molecular complexity index is 732. The standard InChI is InChI=1S/C16H23N3O4S/c1-23-14-3-2-12(24(17,21)22)10-13(14)15(20)19-8-5-16(6-9-19)4-7-18-11-16/h2-3,10,18H,4-9,11H2,1H3,(H2,17,21,22). The molecule has 2 aliphatic rings. The van der Waals surface area contributed by atoms with E-state index in [1.54, 1.807) is 4.90 Å². The molecule has 2 fully saturated rings. The van der Waals surface area contributed by atoms with E-state index in [0.29, 0.717) is 24.3 Å². The van der Waals surface area contributed by atoms with Crippen LogP contribution in [-0.4, -0.2) is 52.5 Å². The summed E-state index contributed by atoms with van der Waals surface area (Å²) in [5, 5.41) is 8.57. The van der Waals surface area contributed by atoms with Gasteiger partial charge in [0, 0.05) is 19.6 Å². The SMILES string of the molecule is COc1ccc(S(N)(=O)=O)cc1C(=O)N1CCC2(CCNC2)CC1. The molecule has 0 saturated carbocycles. The smallest absolute Gasteiger partial charge is 0.257 e. The zero-order chi connectivity index (χ0) is 17.4. The molecule has 0 radical (unpaired) electrons. The van der Waals surface area contributed by atoms with E-state index >= 15 is 0 Å². The number of nitrogens with zero attached hydrogens (tertiary/aromatic N) is 1. The summed E-state index contributed by atoms with van der Waals surface area (Å²) >= 11 is 0. The van der Waals surface area contributed by atoms with E-state index in [-0.39, 0.29) is 16.4 Å². The highest BCUT2D eigenvalue weighted by Gasteiger charge is 2.38. The van der Waals surface area contributed by atoms with E-state index in [4.69, 9.17) is 9.88 Å². The first-order valence-electron chi connectivity index (χ1n) is 8.06. The normalized spacial score (nSPS) is 20.3. The Balaban J connectivity index is 1.82. The maximum Gasteiger partial charge on any atom is 0.257 e. The number of hydrogen-bond acceptors (Lipinski definition) is 5. The number of carbonyl (C=O) groups excluding carboxylic acids is 1. The molecule has 8 heteroatoms. The molecular formula is C16H23N3O4S. The van der Waals surface area contributed by atoms with Gasteiger partial charge in [-0.25, -0.2) is 13.6 Å². The Morgan fingerprint density at radius 3 is 2.54 bits per heavy atom. The summed E-state index contributed by atoms with van der Waals surface area (Å²) in [7, 11) is -2.41. The number of primary sulfonamides is 1. The lowest BCUT2D eigenvalue weighted by atomic mass is 9.78. The monoisotopic (exact) mass is 353 g/mol. The fourth-order valence-corrected chi connectivity index (χ4v) is 4.15. The van der Waals surface area contributed by atoms with Gasteiger partial charge in [-0.1, -0.05) is 0 Å². The Labute approximate surface area is 142 Å². The van der Waals surface area contributed by atoms with Crippen molar-refractivity contribution in [2.75, 3.05) is 33.3 Å². The molecule has 2 aliphatic heterocycles. The molecule has 3 N–H and O–H groups in total. The molecule has 2 saturated heterocycles. The molecule has 2 heterocycles. The lowest BCUT2D eigenvalue weighted by Gasteiger charge is -2.39. The van der Waals surface area contributed by atoms with Crippen LogP contribution in [0.5, 0.6) is 5.75 Å². The first-order valence-corrected chi connectivity index (χ1v) is 9.60. The van der Waals surface area contributed by atoms with Gasteiger partial charge in [0.1, 0.15) is 5.75 Å².